The normalized spacial score (nSPS) is 11.0. The number of hydrogen-bond acceptors (Lipinski definition) is 2. The highest BCUT2D eigenvalue weighted by Gasteiger charge is 2.11. The third-order valence-corrected chi connectivity index (χ3v) is 3.69. The molecule has 0 atom stereocenters. The fourth-order valence-corrected chi connectivity index (χ4v) is 2.64. The molecule has 3 nitrogen and oxygen atoms in total. The van der Waals surface area contributed by atoms with Crippen LogP contribution in [-0.2, 0) is 13.1 Å². The predicted octanol–water partition coefficient (Wildman–Crippen LogP) is 3.30. The number of benzene rings is 2. The van der Waals surface area contributed by atoms with Crippen LogP contribution >= 0.6 is 0 Å². The Labute approximate surface area is 122 Å². The van der Waals surface area contributed by atoms with E-state index >= 15 is 0 Å². The number of aromatic nitrogens is 1. The van der Waals surface area contributed by atoms with Crippen molar-refractivity contribution in [2.75, 3.05) is 7.11 Å². The highest BCUT2D eigenvalue weighted by atomic mass is 19.1. The van der Waals surface area contributed by atoms with Crippen LogP contribution < -0.4 is 10.5 Å². The van der Waals surface area contributed by atoms with E-state index in [-0.39, 0.29) is 11.6 Å². The third-order valence-electron chi connectivity index (χ3n) is 3.69. The lowest BCUT2D eigenvalue weighted by Gasteiger charge is -2.09. The van der Waals surface area contributed by atoms with Crippen molar-refractivity contribution in [3.63, 3.8) is 0 Å². The second-order valence-electron chi connectivity index (χ2n) is 4.94. The van der Waals surface area contributed by atoms with Crippen LogP contribution in [0.3, 0.4) is 0 Å². The molecular formula is C17H17FN2O. The SMILES string of the molecule is COc1cccc(Cn2cc(CN)c3ccccc32)c1F. The van der Waals surface area contributed by atoms with Gasteiger partial charge < -0.3 is 15.0 Å². The number of methoxy groups -OCH3 is 1. The molecule has 3 rings (SSSR count). The van der Waals surface area contributed by atoms with Crippen LogP contribution in [0.5, 0.6) is 5.75 Å². The number of para-hydroxylation sites is 1. The summed E-state index contributed by atoms with van der Waals surface area (Å²) in [6, 6.07) is 13.2. The fourth-order valence-electron chi connectivity index (χ4n) is 2.64. The van der Waals surface area contributed by atoms with Gasteiger partial charge >= 0.3 is 0 Å². The maximum atomic E-state index is 14.3. The van der Waals surface area contributed by atoms with E-state index < -0.39 is 0 Å². The van der Waals surface area contributed by atoms with Gasteiger partial charge in [0.25, 0.3) is 0 Å². The first kappa shape index (κ1) is 13.6. The van der Waals surface area contributed by atoms with E-state index in [0.29, 0.717) is 18.7 Å². The molecule has 0 saturated heterocycles. The fraction of sp³-hybridized carbons (Fsp3) is 0.176. The average Bonchev–Trinajstić information content (AvgIpc) is 2.87. The van der Waals surface area contributed by atoms with Crippen LogP contribution in [0.25, 0.3) is 10.9 Å². The molecule has 0 unspecified atom stereocenters. The van der Waals surface area contributed by atoms with Crippen molar-refractivity contribution < 1.29 is 9.13 Å². The topological polar surface area (TPSA) is 40.2 Å². The highest BCUT2D eigenvalue weighted by molar-refractivity contribution is 5.84. The first-order chi connectivity index (χ1) is 10.2. The van der Waals surface area contributed by atoms with E-state index in [2.05, 4.69) is 0 Å². The highest BCUT2D eigenvalue weighted by Crippen LogP contribution is 2.25. The largest absolute Gasteiger partial charge is 0.494 e. The lowest BCUT2D eigenvalue weighted by atomic mass is 10.2. The van der Waals surface area contributed by atoms with Gasteiger partial charge in [0, 0.05) is 29.2 Å². The second kappa shape index (κ2) is 5.58. The number of ether oxygens (including phenoxy) is 1. The molecule has 0 spiro atoms. The smallest absolute Gasteiger partial charge is 0.170 e. The Bertz CT molecular complexity index is 780. The molecule has 0 fully saturated rings. The summed E-state index contributed by atoms with van der Waals surface area (Å²) in [5.74, 6) is -0.0462. The quantitative estimate of drug-likeness (QED) is 0.798. The molecule has 0 bridgehead atoms. The molecule has 0 radical (unpaired) electrons. The number of nitrogens with zero attached hydrogens (tertiary/aromatic N) is 1. The van der Waals surface area contributed by atoms with Crippen LogP contribution in [0.2, 0.25) is 0 Å². The van der Waals surface area contributed by atoms with Gasteiger partial charge in [0.05, 0.1) is 13.7 Å². The summed E-state index contributed by atoms with van der Waals surface area (Å²) in [7, 11) is 1.47. The zero-order chi connectivity index (χ0) is 14.8. The Morgan fingerprint density at radius 1 is 1.10 bits per heavy atom. The molecular weight excluding hydrogens is 267 g/mol. The molecule has 21 heavy (non-hydrogen) atoms. The monoisotopic (exact) mass is 284 g/mol. The Kier molecular flexibility index (Phi) is 3.62. The lowest BCUT2D eigenvalue weighted by molar-refractivity contribution is 0.383. The van der Waals surface area contributed by atoms with Crippen LogP contribution in [0.1, 0.15) is 11.1 Å². The van der Waals surface area contributed by atoms with Gasteiger partial charge in [0.15, 0.2) is 11.6 Å². The summed E-state index contributed by atoms with van der Waals surface area (Å²) < 4.78 is 21.3. The Morgan fingerprint density at radius 2 is 1.90 bits per heavy atom. The van der Waals surface area contributed by atoms with Gasteiger partial charge in [-0.25, -0.2) is 4.39 Å². The van der Waals surface area contributed by atoms with Crippen LogP contribution in [0.4, 0.5) is 4.39 Å². The minimum atomic E-state index is -0.313. The summed E-state index contributed by atoms with van der Waals surface area (Å²) in [5.41, 5.74) is 8.51. The van der Waals surface area contributed by atoms with E-state index in [1.807, 2.05) is 35.0 Å². The molecule has 0 aliphatic heterocycles. The first-order valence-electron chi connectivity index (χ1n) is 6.82. The molecule has 2 aromatic carbocycles. The van der Waals surface area contributed by atoms with E-state index in [9.17, 15) is 4.39 Å². The van der Waals surface area contributed by atoms with Crippen LogP contribution in [-0.4, -0.2) is 11.7 Å². The van der Waals surface area contributed by atoms with E-state index in [1.165, 1.54) is 7.11 Å². The molecule has 2 N–H and O–H groups in total. The Hall–Kier alpha value is -2.33. The summed E-state index contributed by atoms with van der Waals surface area (Å²) in [5, 5.41) is 1.11. The molecule has 0 amide bonds. The number of nitrogens with two attached hydrogens (primary N) is 1. The molecule has 0 saturated carbocycles. The van der Waals surface area contributed by atoms with Crippen molar-refractivity contribution in [2.24, 2.45) is 5.73 Å². The van der Waals surface area contributed by atoms with Gasteiger partial charge in [-0.15, -0.1) is 0 Å². The van der Waals surface area contributed by atoms with Crippen LogP contribution in [0.15, 0.2) is 48.7 Å². The summed E-state index contributed by atoms with van der Waals surface area (Å²) >= 11 is 0. The minimum absolute atomic E-state index is 0.267. The van der Waals surface area contributed by atoms with Gasteiger partial charge in [0.1, 0.15) is 0 Å². The van der Waals surface area contributed by atoms with Gasteiger partial charge in [-0.2, -0.15) is 0 Å². The molecule has 3 aromatic rings. The van der Waals surface area contributed by atoms with Gasteiger partial charge in [-0.05, 0) is 17.7 Å². The Morgan fingerprint density at radius 3 is 2.67 bits per heavy atom. The summed E-state index contributed by atoms with van der Waals surface area (Å²) in [4.78, 5) is 0. The maximum absolute atomic E-state index is 14.3. The number of halogens is 1. The van der Waals surface area contributed by atoms with Crippen molar-refractivity contribution in [2.45, 2.75) is 13.1 Å². The van der Waals surface area contributed by atoms with Crippen molar-refractivity contribution >= 4 is 10.9 Å². The second-order valence-corrected chi connectivity index (χ2v) is 4.94. The molecule has 1 aromatic heterocycles. The number of rotatable bonds is 4. The first-order valence-corrected chi connectivity index (χ1v) is 6.82. The van der Waals surface area contributed by atoms with Gasteiger partial charge in [-0.3, -0.25) is 0 Å². The van der Waals surface area contributed by atoms with Gasteiger partial charge in [0.2, 0.25) is 0 Å². The predicted molar refractivity (Wildman–Crippen MR) is 81.9 cm³/mol. The van der Waals surface area contributed by atoms with Crippen molar-refractivity contribution in [3.05, 3.63) is 65.6 Å². The maximum Gasteiger partial charge on any atom is 0.170 e. The molecule has 4 heteroatoms. The van der Waals surface area contributed by atoms with E-state index in [0.717, 1.165) is 16.5 Å². The molecule has 0 aliphatic carbocycles. The third kappa shape index (κ3) is 2.38. The number of fused-ring (bicyclic) bond motifs is 1. The van der Waals surface area contributed by atoms with Crippen molar-refractivity contribution in [1.29, 1.82) is 0 Å². The molecule has 1 heterocycles. The standard InChI is InChI=1S/C17H17FN2O/c1-21-16-8-4-5-12(17(16)18)10-20-11-13(9-19)14-6-2-3-7-15(14)20/h2-8,11H,9-10,19H2,1H3. The molecule has 108 valence electrons. The van der Waals surface area contributed by atoms with Crippen LogP contribution in [0, 0.1) is 5.82 Å². The van der Waals surface area contributed by atoms with E-state index in [4.69, 9.17) is 10.5 Å². The van der Waals surface area contributed by atoms with Crippen molar-refractivity contribution in [1.82, 2.24) is 4.57 Å². The van der Waals surface area contributed by atoms with E-state index in [1.54, 1.807) is 18.2 Å². The summed E-state index contributed by atoms with van der Waals surface area (Å²) in [6.07, 6.45) is 1.99. The number of hydrogen-bond donors (Lipinski definition) is 1. The zero-order valence-electron chi connectivity index (χ0n) is 11.8. The minimum Gasteiger partial charge on any atom is -0.494 e. The summed E-state index contributed by atoms with van der Waals surface area (Å²) in [6.45, 7) is 0.914. The average molecular weight is 284 g/mol. The van der Waals surface area contributed by atoms with Gasteiger partial charge in [-0.1, -0.05) is 30.3 Å². The Balaban J connectivity index is 2.06. The lowest BCUT2D eigenvalue weighted by Crippen LogP contribution is -2.02. The molecule has 0 aliphatic rings. The zero-order valence-corrected chi connectivity index (χ0v) is 11.8. The van der Waals surface area contributed by atoms with Crippen molar-refractivity contribution in [3.8, 4) is 5.75 Å².